The maximum absolute atomic E-state index is 12.5. The lowest BCUT2D eigenvalue weighted by Gasteiger charge is -2.12. The van der Waals surface area contributed by atoms with Crippen LogP contribution in [0.3, 0.4) is 0 Å². The third kappa shape index (κ3) is 3.39. The molecule has 0 radical (unpaired) electrons. The van der Waals surface area contributed by atoms with Crippen LogP contribution in [0.25, 0.3) is 6.08 Å². The first-order chi connectivity index (χ1) is 12.2. The summed E-state index contributed by atoms with van der Waals surface area (Å²) in [5.74, 6) is -1.05. The molecule has 0 aliphatic carbocycles. The average Bonchev–Trinajstić information content (AvgIpc) is 3.12. The Balaban J connectivity index is 1.89. The molecular formula is C15H10N2O7S2. The van der Waals surface area contributed by atoms with Crippen LogP contribution in [0.4, 0.5) is 16.4 Å². The van der Waals surface area contributed by atoms with Gasteiger partial charge in [-0.05, 0) is 42.1 Å². The predicted molar refractivity (Wildman–Crippen MR) is 93.4 cm³/mol. The lowest BCUT2D eigenvalue weighted by Crippen LogP contribution is -2.27. The first-order valence-corrected chi connectivity index (χ1v) is 9.70. The zero-order valence-electron chi connectivity index (χ0n) is 13.1. The molecule has 0 saturated carbocycles. The molecule has 1 saturated heterocycles. The molecule has 0 unspecified atom stereocenters. The van der Waals surface area contributed by atoms with Crippen molar-refractivity contribution in [2.24, 2.45) is 0 Å². The van der Waals surface area contributed by atoms with Crippen LogP contribution in [0.5, 0.6) is 0 Å². The third-order valence-corrected chi connectivity index (χ3v) is 5.38. The maximum atomic E-state index is 12.5. The van der Waals surface area contributed by atoms with E-state index in [0.29, 0.717) is 11.8 Å². The van der Waals surface area contributed by atoms with Crippen LogP contribution in [-0.2, 0) is 14.6 Å². The molecule has 134 valence electrons. The molecule has 0 atom stereocenters. The van der Waals surface area contributed by atoms with Crippen molar-refractivity contribution in [3.05, 3.63) is 57.2 Å². The Morgan fingerprint density at radius 3 is 2.35 bits per heavy atom. The number of rotatable bonds is 4. The zero-order chi connectivity index (χ0) is 19.1. The Bertz CT molecular complexity index is 1050. The van der Waals surface area contributed by atoms with E-state index in [0.717, 1.165) is 17.2 Å². The van der Waals surface area contributed by atoms with Gasteiger partial charge in [0.2, 0.25) is 0 Å². The average molecular weight is 394 g/mol. The lowest BCUT2D eigenvalue weighted by molar-refractivity contribution is -0.402. The van der Waals surface area contributed by atoms with Gasteiger partial charge in [0.1, 0.15) is 10.7 Å². The molecule has 2 heterocycles. The molecule has 2 amide bonds. The summed E-state index contributed by atoms with van der Waals surface area (Å²) >= 11 is 0.649. The summed E-state index contributed by atoms with van der Waals surface area (Å²) in [6.07, 6.45) is 2.29. The number of furan rings is 1. The van der Waals surface area contributed by atoms with E-state index in [1.165, 1.54) is 36.4 Å². The van der Waals surface area contributed by atoms with Gasteiger partial charge in [-0.3, -0.25) is 19.7 Å². The molecule has 9 nitrogen and oxygen atoms in total. The molecule has 2 aromatic rings. The second-order valence-corrected chi connectivity index (χ2v) is 8.23. The van der Waals surface area contributed by atoms with E-state index in [2.05, 4.69) is 0 Å². The van der Waals surface area contributed by atoms with E-state index in [4.69, 9.17) is 4.42 Å². The highest BCUT2D eigenvalue weighted by molar-refractivity contribution is 8.19. The van der Waals surface area contributed by atoms with Crippen molar-refractivity contribution in [3.8, 4) is 0 Å². The van der Waals surface area contributed by atoms with Gasteiger partial charge in [-0.25, -0.2) is 13.3 Å². The monoisotopic (exact) mass is 394 g/mol. The molecule has 26 heavy (non-hydrogen) atoms. The largest absolute Gasteiger partial charge is 0.433 e. The van der Waals surface area contributed by atoms with Crippen LogP contribution in [0.15, 0.2) is 50.6 Å². The summed E-state index contributed by atoms with van der Waals surface area (Å²) in [6, 6.07) is 7.76. The minimum atomic E-state index is -3.40. The summed E-state index contributed by atoms with van der Waals surface area (Å²) in [4.78, 5) is 35.5. The molecular weight excluding hydrogens is 384 g/mol. The van der Waals surface area contributed by atoms with Gasteiger partial charge in [-0.2, -0.15) is 0 Å². The minimum Gasteiger partial charge on any atom is -0.401 e. The second-order valence-electron chi connectivity index (χ2n) is 5.22. The Labute approximate surface area is 151 Å². The van der Waals surface area contributed by atoms with Crippen molar-refractivity contribution in [1.82, 2.24) is 0 Å². The van der Waals surface area contributed by atoms with Crippen molar-refractivity contribution >= 4 is 50.4 Å². The summed E-state index contributed by atoms with van der Waals surface area (Å²) in [5.41, 5.74) is 0.216. The molecule has 1 aliphatic rings. The van der Waals surface area contributed by atoms with Crippen molar-refractivity contribution < 1.29 is 27.3 Å². The molecule has 0 bridgehead atoms. The minimum absolute atomic E-state index is 0.0337. The fourth-order valence-corrected chi connectivity index (χ4v) is 3.63. The van der Waals surface area contributed by atoms with Crippen molar-refractivity contribution in [1.29, 1.82) is 0 Å². The summed E-state index contributed by atoms with van der Waals surface area (Å²) in [6.45, 7) is 0. The van der Waals surface area contributed by atoms with Crippen LogP contribution in [-0.4, -0.2) is 30.7 Å². The fourth-order valence-electron chi connectivity index (χ4n) is 2.18. The number of hydrogen-bond donors (Lipinski definition) is 0. The number of carbonyl (C=O) groups excluding carboxylic acids is 2. The highest BCUT2D eigenvalue weighted by atomic mass is 32.2. The Hall–Kier alpha value is -2.92. The Kier molecular flexibility index (Phi) is 4.42. The van der Waals surface area contributed by atoms with Gasteiger partial charge < -0.3 is 4.42 Å². The first-order valence-electron chi connectivity index (χ1n) is 6.99. The number of nitrogens with zero attached hydrogens (tertiary/aromatic N) is 2. The van der Waals surface area contributed by atoms with Gasteiger partial charge in [0.05, 0.1) is 21.6 Å². The molecule has 11 heteroatoms. The number of carbonyl (C=O) groups is 2. The smallest absolute Gasteiger partial charge is 0.401 e. The normalized spacial score (nSPS) is 16.5. The zero-order valence-corrected chi connectivity index (χ0v) is 14.7. The predicted octanol–water partition coefficient (Wildman–Crippen LogP) is 2.83. The lowest BCUT2D eigenvalue weighted by atomic mass is 10.3. The number of anilines is 1. The van der Waals surface area contributed by atoms with Gasteiger partial charge in [0, 0.05) is 12.3 Å². The molecule has 0 N–H and O–H groups in total. The first kappa shape index (κ1) is 17.9. The standard InChI is InChI=1S/C15H10N2O7S2/c1-26(22,23)11-5-2-9(3-6-11)16-14(18)12(25-15(16)19)8-10-4-7-13(24-10)17(20)21/h2-8H,1H3/b12-8-. The van der Waals surface area contributed by atoms with E-state index >= 15 is 0 Å². The number of nitro groups is 1. The maximum Gasteiger partial charge on any atom is 0.433 e. The van der Waals surface area contributed by atoms with Crippen molar-refractivity contribution in [3.63, 3.8) is 0 Å². The van der Waals surface area contributed by atoms with Crippen molar-refractivity contribution in [2.75, 3.05) is 11.2 Å². The quantitative estimate of drug-likeness (QED) is 0.440. The van der Waals surface area contributed by atoms with Gasteiger partial charge in [-0.15, -0.1) is 0 Å². The molecule has 0 spiro atoms. The third-order valence-electron chi connectivity index (χ3n) is 3.38. The molecule has 1 fully saturated rings. The SMILES string of the molecule is CS(=O)(=O)c1ccc(N2C(=O)S/C(=C\c3ccc([N+](=O)[O-])o3)C2=O)cc1. The summed E-state index contributed by atoms with van der Waals surface area (Å²) in [5, 5.41) is 10.0. The number of thioether (sulfide) groups is 1. The van der Waals surface area contributed by atoms with E-state index < -0.39 is 31.8 Å². The molecule has 3 rings (SSSR count). The number of sulfone groups is 1. The van der Waals surface area contributed by atoms with Crippen molar-refractivity contribution in [2.45, 2.75) is 4.90 Å². The Morgan fingerprint density at radius 1 is 1.15 bits per heavy atom. The fraction of sp³-hybridized carbons (Fsp3) is 0.0667. The van der Waals surface area contributed by atoms with Gasteiger partial charge >= 0.3 is 5.88 Å². The number of benzene rings is 1. The summed E-state index contributed by atoms with van der Waals surface area (Å²) in [7, 11) is -3.40. The van der Waals surface area contributed by atoms with Crippen LogP contribution in [0, 0.1) is 10.1 Å². The second kappa shape index (κ2) is 6.42. The van der Waals surface area contributed by atoms with Gasteiger partial charge in [0.15, 0.2) is 9.84 Å². The van der Waals surface area contributed by atoms with Crippen LogP contribution < -0.4 is 4.90 Å². The topological polar surface area (TPSA) is 128 Å². The number of imide groups is 1. The van der Waals surface area contributed by atoms with E-state index in [1.54, 1.807) is 0 Å². The number of amides is 2. The summed E-state index contributed by atoms with van der Waals surface area (Å²) < 4.78 is 27.9. The van der Waals surface area contributed by atoms with Gasteiger partial charge in [0.25, 0.3) is 11.1 Å². The highest BCUT2D eigenvalue weighted by Gasteiger charge is 2.36. The highest BCUT2D eigenvalue weighted by Crippen LogP contribution is 2.36. The molecule has 1 aromatic heterocycles. The van der Waals surface area contributed by atoms with E-state index in [1.807, 2.05) is 0 Å². The number of hydrogen-bond acceptors (Lipinski definition) is 8. The molecule has 1 aromatic carbocycles. The van der Waals surface area contributed by atoms with E-state index in [-0.39, 0.29) is 21.2 Å². The Morgan fingerprint density at radius 2 is 1.81 bits per heavy atom. The van der Waals surface area contributed by atoms with Crippen LogP contribution in [0.1, 0.15) is 5.76 Å². The van der Waals surface area contributed by atoms with Crippen LogP contribution >= 0.6 is 11.8 Å². The van der Waals surface area contributed by atoms with Crippen LogP contribution in [0.2, 0.25) is 0 Å². The van der Waals surface area contributed by atoms with Gasteiger partial charge in [-0.1, -0.05) is 0 Å². The van der Waals surface area contributed by atoms with E-state index in [9.17, 15) is 28.1 Å². The molecule has 1 aliphatic heterocycles.